The van der Waals surface area contributed by atoms with Gasteiger partial charge in [-0.2, -0.15) is 0 Å². The van der Waals surface area contributed by atoms with Crippen molar-refractivity contribution in [1.29, 1.82) is 0 Å². The fraction of sp³-hybridized carbons (Fsp3) is 0.619. The van der Waals surface area contributed by atoms with E-state index in [-0.39, 0.29) is 30.1 Å². The van der Waals surface area contributed by atoms with Gasteiger partial charge in [0.1, 0.15) is 5.82 Å². The molecule has 0 spiro atoms. The van der Waals surface area contributed by atoms with E-state index in [0.717, 1.165) is 25.7 Å². The number of likely N-dealkylation sites (tertiary alicyclic amines) is 1. The molecule has 0 radical (unpaired) electrons. The third kappa shape index (κ3) is 4.86. The summed E-state index contributed by atoms with van der Waals surface area (Å²) in [4.78, 5) is 28.3. The molecule has 1 unspecified atom stereocenters. The van der Waals surface area contributed by atoms with Crippen molar-refractivity contribution in [2.45, 2.75) is 57.1 Å². The number of amides is 2. The monoisotopic (exact) mass is 376 g/mol. The third-order valence-electron chi connectivity index (χ3n) is 5.99. The van der Waals surface area contributed by atoms with Crippen molar-refractivity contribution in [1.82, 2.24) is 9.80 Å². The van der Waals surface area contributed by atoms with Gasteiger partial charge in [-0.1, -0.05) is 31.0 Å². The number of carbonyl (C=O) groups is 2. The molecule has 1 saturated heterocycles. The van der Waals surface area contributed by atoms with Crippen molar-refractivity contribution >= 4 is 11.8 Å². The van der Waals surface area contributed by atoms with Gasteiger partial charge in [0.15, 0.2) is 0 Å². The Morgan fingerprint density at radius 1 is 1.33 bits per heavy atom. The summed E-state index contributed by atoms with van der Waals surface area (Å²) in [6, 6.07) is 6.42. The minimum Gasteiger partial charge on any atom is -0.390 e. The van der Waals surface area contributed by atoms with Crippen LogP contribution in [0, 0.1) is 11.7 Å². The fourth-order valence-corrected chi connectivity index (χ4v) is 4.18. The molecule has 27 heavy (non-hydrogen) atoms. The molecular weight excluding hydrogens is 347 g/mol. The summed E-state index contributed by atoms with van der Waals surface area (Å²) < 4.78 is 13.9. The van der Waals surface area contributed by atoms with Crippen LogP contribution in [0.3, 0.4) is 0 Å². The Morgan fingerprint density at radius 3 is 2.74 bits per heavy atom. The summed E-state index contributed by atoms with van der Waals surface area (Å²) in [6.07, 6.45) is 5.14. The maximum Gasteiger partial charge on any atom is 0.227 e. The van der Waals surface area contributed by atoms with Gasteiger partial charge in [-0.25, -0.2) is 4.39 Å². The molecule has 0 bridgehead atoms. The highest BCUT2D eigenvalue weighted by molar-refractivity contribution is 5.83. The van der Waals surface area contributed by atoms with E-state index in [9.17, 15) is 19.1 Å². The number of halogens is 1. The van der Waals surface area contributed by atoms with Gasteiger partial charge in [-0.05, 0) is 31.7 Å². The Kier molecular flexibility index (Phi) is 6.15. The molecule has 148 valence electrons. The summed E-state index contributed by atoms with van der Waals surface area (Å²) >= 11 is 0. The van der Waals surface area contributed by atoms with Crippen molar-refractivity contribution in [3.05, 3.63) is 35.6 Å². The van der Waals surface area contributed by atoms with Gasteiger partial charge < -0.3 is 14.9 Å². The molecule has 2 fully saturated rings. The first kappa shape index (κ1) is 19.8. The molecule has 5 nitrogen and oxygen atoms in total. The highest BCUT2D eigenvalue weighted by atomic mass is 19.1. The van der Waals surface area contributed by atoms with Crippen molar-refractivity contribution in [3.8, 4) is 0 Å². The van der Waals surface area contributed by atoms with Crippen LogP contribution < -0.4 is 0 Å². The number of hydrogen-bond donors (Lipinski definition) is 1. The zero-order chi connectivity index (χ0) is 19.4. The molecule has 1 heterocycles. The maximum absolute atomic E-state index is 13.9. The molecule has 1 N–H and O–H groups in total. The van der Waals surface area contributed by atoms with Crippen LogP contribution >= 0.6 is 0 Å². The van der Waals surface area contributed by atoms with Gasteiger partial charge in [-0.3, -0.25) is 9.59 Å². The maximum atomic E-state index is 13.9. The highest BCUT2D eigenvalue weighted by Crippen LogP contribution is 2.32. The number of rotatable bonds is 6. The van der Waals surface area contributed by atoms with E-state index < -0.39 is 5.60 Å². The van der Waals surface area contributed by atoms with Crippen molar-refractivity contribution in [3.63, 3.8) is 0 Å². The van der Waals surface area contributed by atoms with Gasteiger partial charge in [-0.15, -0.1) is 0 Å². The van der Waals surface area contributed by atoms with Gasteiger partial charge in [0, 0.05) is 38.7 Å². The number of aliphatic hydroxyl groups is 1. The number of benzene rings is 1. The van der Waals surface area contributed by atoms with Crippen molar-refractivity contribution in [2.24, 2.45) is 5.92 Å². The van der Waals surface area contributed by atoms with Crippen LogP contribution in [-0.2, 0) is 16.1 Å². The Labute approximate surface area is 160 Å². The normalized spacial score (nSPS) is 22.1. The van der Waals surface area contributed by atoms with E-state index in [2.05, 4.69) is 0 Å². The largest absolute Gasteiger partial charge is 0.390 e. The van der Waals surface area contributed by atoms with Crippen LogP contribution in [0.15, 0.2) is 24.3 Å². The molecule has 6 heteroatoms. The van der Waals surface area contributed by atoms with Crippen LogP contribution in [0.5, 0.6) is 0 Å². The summed E-state index contributed by atoms with van der Waals surface area (Å²) in [5, 5.41) is 10.5. The smallest absolute Gasteiger partial charge is 0.227 e. The van der Waals surface area contributed by atoms with Crippen molar-refractivity contribution in [2.75, 3.05) is 20.1 Å². The van der Waals surface area contributed by atoms with E-state index >= 15 is 0 Å². The molecule has 0 aromatic heterocycles. The molecule has 2 amide bonds. The molecule has 1 atom stereocenters. The lowest BCUT2D eigenvalue weighted by Gasteiger charge is -2.34. The molecule has 1 aromatic rings. The Hall–Kier alpha value is -1.95. The van der Waals surface area contributed by atoms with Crippen LogP contribution in [0.25, 0.3) is 0 Å². The second-order valence-electron chi connectivity index (χ2n) is 8.04. The molecule has 3 rings (SSSR count). The Balaban J connectivity index is 1.56. The molecule has 1 aliphatic heterocycles. The first-order valence-corrected chi connectivity index (χ1v) is 9.86. The van der Waals surface area contributed by atoms with Gasteiger partial charge in [0.25, 0.3) is 0 Å². The third-order valence-corrected chi connectivity index (χ3v) is 5.99. The predicted octanol–water partition coefficient (Wildman–Crippen LogP) is 2.72. The molecule has 1 aliphatic carbocycles. The average Bonchev–Trinajstić information content (AvgIpc) is 3.09. The fourth-order valence-electron chi connectivity index (χ4n) is 4.18. The lowest BCUT2D eigenvalue weighted by molar-refractivity contribution is -0.143. The molecule has 1 saturated carbocycles. The first-order chi connectivity index (χ1) is 12.9. The number of piperidine rings is 1. The van der Waals surface area contributed by atoms with E-state index in [1.54, 1.807) is 35.0 Å². The summed E-state index contributed by atoms with van der Waals surface area (Å²) in [5.41, 5.74) is -0.163. The predicted molar refractivity (Wildman–Crippen MR) is 100 cm³/mol. The van der Waals surface area contributed by atoms with Gasteiger partial charge >= 0.3 is 0 Å². The number of nitrogens with zero attached hydrogens (tertiary/aromatic N) is 2. The minimum atomic E-state index is -0.631. The second kappa shape index (κ2) is 8.38. The van der Waals surface area contributed by atoms with E-state index in [1.807, 2.05) is 0 Å². The second-order valence-corrected chi connectivity index (χ2v) is 8.04. The zero-order valence-electron chi connectivity index (χ0n) is 16.0. The quantitative estimate of drug-likeness (QED) is 0.830. The summed E-state index contributed by atoms with van der Waals surface area (Å²) in [5.74, 6) is -0.633. The zero-order valence-corrected chi connectivity index (χ0v) is 16.0. The average molecular weight is 376 g/mol. The van der Waals surface area contributed by atoms with Crippen molar-refractivity contribution < 1.29 is 19.1 Å². The van der Waals surface area contributed by atoms with Gasteiger partial charge in [0.05, 0.1) is 11.5 Å². The lowest BCUT2D eigenvalue weighted by atomic mass is 9.94. The molecular formula is C21H29FN2O3. The standard InChI is InChI=1S/C21H29FN2O3/c1-23(13-12-21(27)10-4-5-11-21)20(26)17-8-9-19(25)24(15-17)14-16-6-2-3-7-18(16)22/h2-3,6-7,17,27H,4-5,8-15H2,1H3. The topological polar surface area (TPSA) is 60.9 Å². The van der Waals surface area contributed by atoms with E-state index in [4.69, 9.17) is 0 Å². The Bertz CT molecular complexity index is 688. The summed E-state index contributed by atoms with van der Waals surface area (Å²) in [7, 11) is 1.76. The first-order valence-electron chi connectivity index (χ1n) is 9.86. The Morgan fingerprint density at radius 2 is 2.04 bits per heavy atom. The number of hydrogen-bond acceptors (Lipinski definition) is 3. The van der Waals surface area contributed by atoms with Crippen LogP contribution in [-0.4, -0.2) is 52.5 Å². The SMILES string of the molecule is CN(CCC1(O)CCCC1)C(=O)C1CCC(=O)N(Cc2ccccc2F)C1. The van der Waals surface area contributed by atoms with Crippen LogP contribution in [0.2, 0.25) is 0 Å². The molecule has 2 aliphatic rings. The van der Waals surface area contributed by atoms with Gasteiger partial charge in [0.2, 0.25) is 11.8 Å². The minimum absolute atomic E-state index is 0.00244. The number of carbonyl (C=O) groups excluding carboxylic acids is 2. The molecule has 1 aromatic carbocycles. The van der Waals surface area contributed by atoms with E-state index in [0.29, 0.717) is 37.9 Å². The lowest BCUT2D eigenvalue weighted by Crippen LogP contribution is -2.46. The van der Waals surface area contributed by atoms with Crippen LogP contribution in [0.1, 0.15) is 50.5 Å². The summed E-state index contributed by atoms with van der Waals surface area (Å²) in [6.45, 7) is 1.03. The van der Waals surface area contributed by atoms with E-state index in [1.165, 1.54) is 6.07 Å². The van der Waals surface area contributed by atoms with Crippen LogP contribution in [0.4, 0.5) is 4.39 Å². The highest BCUT2D eigenvalue weighted by Gasteiger charge is 2.34.